The van der Waals surface area contributed by atoms with E-state index >= 15 is 0 Å². The van der Waals surface area contributed by atoms with Crippen molar-refractivity contribution < 1.29 is 23.9 Å². The molecule has 0 aliphatic rings. The standard InChI is InChI=1S/C13H13NO5/c1-7-4-10(17-2)11(18-3)5-8(7)12-9(13(15)16)6-14-19-12/h4-6H,1-3H3,(H,15,16). The molecule has 1 aromatic heterocycles. The number of aryl methyl sites for hydroxylation is 1. The predicted molar refractivity (Wildman–Crippen MR) is 66.7 cm³/mol. The number of rotatable bonds is 4. The van der Waals surface area contributed by atoms with Gasteiger partial charge in [-0.3, -0.25) is 0 Å². The molecule has 100 valence electrons. The molecule has 0 saturated carbocycles. The average molecular weight is 263 g/mol. The number of carboxylic acid groups (broad SMARTS) is 1. The zero-order chi connectivity index (χ0) is 14.0. The van der Waals surface area contributed by atoms with Crippen molar-refractivity contribution in [2.45, 2.75) is 6.92 Å². The van der Waals surface area contributed by atoms with Crippen molar-refractivity contribution >= 4 is 5.97 Å². The van der Waals surface area contributed by atoms with Gasteiger partial charge in [-0.05, 0) is 24.6 Å². The van der Waals surface area contributed by atoms with Crippen LogP contribution in [0.4, 0.5) is 0 Å². The Labute approximate surface area is 109 Å². The van der Waals surface area contributed by atoms with Crippen molar-refractivity contribution in [3.8, 4) is 22.8 Å². The molecule has 0 unspecified atom stereocenters. The van der Waals surface area contributed by atoms with Gasteiger partial charge in [-0.2, -0.15) is 0 Å². The van der Waals surface area contributed by atoms with Gasteiger partial charge in [-0.25, -0.2) is 4.79 Å². The van der Waals surface area contributed by atoms with Gasteiger partial charge in [0.1, 0.15) is 5.56 Å². The van der Waals surface area contributed by atoms with Gasteiger partial charge >= 0.3 is 5.97 Å². The van der Waals surface area contributed by atoms with E-state index < -0.39 is 5.97 Å². The molecule has 19 heavy (non-hydrogen) atoms. The maximum Gasteiger partial charge on any atom is 0.341 e. The number of carboxylic acids is 1. The molecule has 0 fully saturated rings. The van der Waals surface area contributed by atoms with Crippen LogP contribution >= 0.6 is 0 Å². The van der Waals surface area contributed by atoms with Crippen LogP contribution in [0.5, 0.6) is 11.5 Å². The number of nitrogens with zero attached hydrogens (tertiary/aromatic N) is 1. The number of methoxy groups -OCH3 is 2. The lowest BCUT2D eigenvalue weighted by Crippen LogP contribution is -1.98. The molecule has 0 saturated heterocycles. The molecule has 1 N–H and O–H groups in total. The van der Waals surface area contributed by atoms with Crippen LogP contribution in [0.15, 0.2) is 22.9 Å². The number of ether oxygens (including phenoxy) is 2. The zero-order valence-corrected chi connectivity index (χ0v) is 10.8. The van der Waals surface area contributed by atoms with E-state index in [0.29, 0.717) is 17.1 Å². The van der Waals surface area contributed by atoms with Crippen LogP contribution in [-0.4, -0.2) is 30.5 Å². The summed E-state index contributed by atoms with van der Waals surface area (Å²) < 4.78 is 15.4. The summed E-state index contributed by atoms with van der Waals surface area (Å²) in [4.78, 5) is 11.1. The molecular weight excluding hydrogens is 250 g/mol. The van der Waals surface area contributed by atoms with E-state index in [9.17, 15) is 4.79 Å². The van der Waals surface area contributed by atoms with Crippen LogP contribution in [0.2, 0.25) is 0 Å². The summed E-state index contributed by atoms with van der Waals surface area (Å²) >= 11 is 0. The molecule has 0 aliphatic heterocycles. The molecule has 0 radical (unpaired) electrons. The van der Waals surface area contributed by atoms with Gasteiger partial charge in [-0.1, -0.05) is 5.16 Å². The van der Waals surface area contributed by atoms with Gasteiger partial charge in [0.15, 0.2) is 17.3 Å². The van der Waals surface area contributed by atoms with Crippen LogP contribution in [0.1, 0.15) is 15.9 Å². The smallest absolute Gasteiger partial charge is 0.341 e. The molecule has 0 bridgehead atoms. The van der Waals surface area contributed by atoms with E-state index in [1.54, 1.807) is 12.1 Å². The van der Waals surface area contributed by atoms with Gasteiger partial charge < -0.3 is 19.1 Å². The minimum atomic E-state index is -1.09. The summed E-state index contributed by atoms with van der Waals surface area (Å²) in [6.45, 7) is 1.82. The van der Waals surface area contributed by atoms with E-state index in [1.165, 1.54) is 20.4 Å². The highest BCUT2D eigenvalue weighted by Gasteiger charge is 2.20. The first-order valence-electron chi connectivity index (χ1n) is 5.49. The van der Waals surface area contributed by atoms with Crippen molar-refractivity contribution in [3.05, 3.63) is 29.5 Å². The normalized spacial score (nSPS) is 10.3. The van der Waals surface area contributed by atoms with Crippen molar-refractivity contribution in [2.24, 2.45) is 0 Å². The summed E-state index contributed by atoms with van der Waals surface area (Å²) in [6.07, 6.45) is 1.17. The van der Waals surface area contributed by atoms with Gasteiger partial charge in [0.2, 0.25) is 0 Å². The lowest BCUT2D eigenvalue weighted by molar-refractivity contribution is 0.0697. The fraction of sp³-hybridized carbons (Fsp3) is 0.231. The molecule has 6 nitrogen and oxygen atoms in total. The van der Waals surface area contributed by atoms with Crippen molar-refractivity contribution in [3.63, 3.8) is 0 Å². The Balaban J connectivity index is 2.62. The third-order valence-corrected chi connectivity index (χ3v) is 2.78. The maximum atomic E-state index is 11.1. The molecule has 1 aromatic carbocycles. The third-order valence-electron chi connectivity index (χ3n) is 2.78. The Kier molecular flexibility index (Phi) is 3.41. The number of hydrogen-bond acceptors (Lipinski definition) is 5. The Morgan fingerprint density at radius 2 is 1.89 bits per heavy atom. The average Bonchev–Trinajstić information content (AvgIpc) is 2.87. The molecule has 2 rings (SSSR count). The van der Waals surface area contributed by atoms with Gasteiger partial charge in [0.25, 0.3) is 0 Å². The second kappa shape index (κ2) is 5.01. The molecule has 0 aliphatic carbocycles. The first-order chi connectivity index (χ1) is 9.08. The second-order valence-corrected chi connectivity index (χ2v) is 3.90. The molecule has 0 atom stereocenters. The third kappa shape index (κ3) is 2.24. The molecule has 1 heterocycles. The van der Waals surface area contributed by atoms with E-state index in [2.05, 4.69) is 5.16 Å². The number of aromatic carboxylic acids is 1. The Hall–Kier alpha value is -2.50. The summed E-state index contributed by atoms with van der Waals surface area (Å²) in [5.74, 6) is 0.173. The van der Waals surface area contributed by atoms with Crippen LogP contribution in [-0.2, 0) is 0 Å². The van der Waals surface area contributed by atoms with E-state index in [-0.39, 0.29) is 11.3 Å². The number of hydrogen-bond donors (Lipinski definition) is 1. The first kappa shape index (κ1) is 12.9. The fourth-order valence-electron chi connectivity index (χ4n) is 1.81. The summed E-state index contributed by atoms with van der Waals surface area (Å²) in [6, 6.07) is 3.42. The second-order valence-electron chi connectivity index (χ2n) is 3.90. The molecule has 2 aromatic rings. The Bertz CT molecular complexity index is 617. The Morgan fingerprint density at radius 1 is 1.26 bits per heavy atom. The highest BCUT2D eigenvalue weighted by atomic mass is 16.5. The minimum absolute atomic E-state index is 0.00956. The van der Waals surface area contributed by atoms with Crippen molar-refractivity contribution in [2.75, 3.05) is 14.2 Å². The highest BCUT2D eigenvalue weighted by Crippen LogP contribution is 2.36. The van der Waals surface area contributed by atoms with Crippen LogP contribution < -0.4 is 9.47 Å². The first-order valence-corrected chi connectivity index (χ1v) is 5.49. The summed E-state index contributed by atoms with van der Waals surface area (Å²) in [7, 11) is 3.05. The van der Waals surface area contributed by atoms with E-state index in [0.717, 1.165) is 5.56 Å². The lowest BCUT2D eigenvalue weighted by Gasteiger charge is -2.11. The topological polar surface area (TPSA) is 81.8 Å². The highest BCUT2D eigenvalue weighted by molar-refractivity contribution is 5.94. The van der Waals surface area contributed by atoms with Gasteiger partial charge in [-0.15, -0.1) is 0 Å². The van der Waals surface area contributed by atoms with E-state index in [4.69, 9.17) is 19.1 Å². The minimum Gasteiger partial charge on any atom is -0.493 e. The quantitative estimate of drug-likeness (QED) is 0.911. The largest absolute Gasteiger partial charge is 0.493 e. The molecule has 6 heteroatoms. The van der Waals surface area contributed by atoms with Crippen molar-refractivity contribution in [1.29, 1.82) is 0 Å². The van der Waals surface area contributed by atoms with Crippen LogP contribution in [0.25, 0.3) is 11.3 Å². The summed E-state index contributed by atoms with van der Waals surface area (Å²) in [5.41, 5.74) is 1.42. The maximum absolute atomic E-state index is 11.1. The monoisotopic (exact) mass is 263 g/mol. The molecule has 0 amide bonds. The Morgan fingerprint density at radius 3 is 2.47 bits per heavy atom. The SMILES string of the molecule is COc1cc(C)c(-c2oncc2C(=O)O)cc1OC. The number of carbonyl (C=O) groups is 1. The zero-order valence-electron chi connectivity index (χ0n) is 10.8. The van der Waals surface area contributed by atoms with Crippen LogP contribution in [0.3, 0.4) is 0 Å². The molecular formula is C13H13NO5. The fourth-order valence-corrected chi connectivity index (χ4v) is 1.81. The predicted octanol–water partition coefficient (Wildman–Crippen LogP) is 2.37. The molecule has 0 spiro atoms. The number of aromatic nitrogens is 1. The van der Waals surface area contributed by atoms with Crippen molar-refractivity contribution in [1.82, 2.24) is 5.16 Å². The van der Waals surface area contributed by atoms with Gasteiger partial charge in [0, 0.05) is 5.56 Å². The van der Waals surface area contributed by atoms with Gasteiger partial charge in [0.05, 0.1) is 20.4 Å². The number of benzene rings is 1. The van der Waals surface area contributed by atoms with E-state index in [1.807, 2.05) is 6.92 Å². The van der Waals surface area contributed by atoms with Crippen LogP contribution in [0, 0.1) is 6.92 Å². The summed E-state index contributed by atoms with van der Waals surface area (Å²) in [5, 5.41) is 12.6. The lowest BCUT2D eigenvalue weighted by atomic mass is 10.0.